The van der Waals surface area contributed by atoms with E-state index in [2.05, 4.69) is 10.3 Å². The topological polar surface area (TPSA) is 75.1 Å². The molecule has 22 heavy (non-hydrogen) atoms. The third-order valence-corrected chi connectivity index (χ3v) is 3.49. The fourth-order valence-electron chi connectivity index (χ4n) is 2.30. The van der Waals surface area contributed by atoms with Gasteiger partial charge in [-0.2, -0.15) is 0 Å². The molecule has 0 saturated heterocycles. The molecule has 0 fully saturated rings. The minimum atomic E-state index is -0.531. The average molecular weight is 296 g/mol. The molecule has 1 heterocycles. The number of rotatable bonds is 4. The van der Waals surface area contributed by atoms with E-state index < -0.39 is 5.76 Å². The predicted molar refractivity (Wildman–Crippen MR) is 85.0 cm³/mol. The molecule has 2 aromatic carbocycles. The van der Waals surface area contributed by atoms with Gasteiger partial charge in [0.25, 0.3) is 0 Å². The Morgan fingerprint density at radius 2 is 1.95 bits per heavy atom. The maximum atomic E-state index is 12.1. The Balaban J connectivity index is 1.68. The summed E-state index contributed by atoms with van der Waals surface area (Å²) in [5.74, 6) is -0.633. The van der Waals surface area contributed by atoms with Crippen molar-refractivity contribution in [1.82, 2.24) is 4.98 Å². The number of aromatic amines is 1. The molecule has 0 unspecified atom stereocenters. The number of benzene rings is 2. The summed E-state index contributed by atoms with van der Waals surface area (Å²) in [5, 5.41) is 2.81. The minimum absolute atomic E-state index is 0.102. The average Bonchev–Trinajstić information content (AvgIpc) is 2.88. The van der Waals surface area contributed by atoms with Gasteiger partial charge in [0.2, 0.25) is 5.91 Å². The third-order valence-electron chi connectivity index (χ3n) is 3.49. The van der Waals surface area contributed by atoms with Crippen molar-refractivity contribution >= 4 is 22.7 Å². The molecule has 1 aromatic heterocycles. The zero-order valence-electron chi connectivity index (χ0n) is 12.2. The maximum Gasteiger partial charge on any atom is 0.417 e. The number of aryl methyl sites for hydroxylation is 2. The summed E-state index contributed by atoms with van der Waals surface area (Å²) in [6, 6.07) is 13.3. The summed E-state index contributed by atoms with van der Waals surface area (Å²) in [6.45, 7) is 2.03. The van der Waals surface area contributed by atoms with Crippen LogP contribution >= 0.6 is 0 Å². The quantitative estimate of drug-likeness (QED) is 0.777. The molecule has 0 saturated carbocycles. The Morgan fingerprint density at radius 1 is 1.18 bits per heavy atom. The maximum absolute atomic E-state index is 12.1. The summed E-state index contributed by atoms with van der Waals surface area (Å²) < 4.78 is 4.97. The summed E-state index contributed by atoms with van der Waals surface area (Å²) in [6.07, 6.45) is 1.05. The second-order valence-electron chi connectivity index (χ2n) is 5.23. The van der Waals surface area contributed by atoms with Gasteiger partial charge in [-0.3, -0.25) is 9.78 Å². The van der Waals surface area contributed by atoms with E-state index in [0.29, 0.717) is 29.6 Å². The van der Waals surface area contributed by atoms with Crippen molar-refractivity contribution in [1.29, 1.82) is 0 Å². The first-order chi connectivity index (χ1) is 10.6. The molecular formula is C17H16N2O3. The molecule has 3 aromatic rings. The van der Waals surface area contributed by atoms with E-state index >= 15 is 0 Å². The van der Waals surface area contributed by atoms with Gasteiger partial charge in [-0.15, -0.1) is 0 Å². The number of oxazole rings is 1. The van der Waals surface area contributed by atoms with Crippen molar-refractivity contribution in [2.24, 2.45) is 0 Å². The predicted octanol–water partition coefficient (Wildman–Crippen LogP) is 3.00. The number of hydrogen-bond donors (Lipinski definition) is 2. The van der Waals surface area contributed by atoms with Crippen LogP contribution in [0.5, 0.6) is 0 Å². The minimum Gasteiger partial charge on any atom is -0.408 e. The Kier molecular flexibility index (Phi) is 3.78. The van der Waals surface area contributed by atoms with Crippen LogP contribution < -0.4 is 11.1 Å². The number of fused-ring (bicyclic) bond motifs is 1. The monoisotopic (exact) mass is 296 g/mol. The van der Waals surface area contributed by atoms with Crippen molar-refractivity contribution in [3.8, 4) is 0 Å². The molecule has 5 heteroatoms. The lowest BCUT2D eigenvalue weighted by Gasteiger charge is -2.06. The Morgan fingerprint density at radius 3 is 2.73 bits per heavy atom. The number of amides is 1. The molecule has 0 atom stereocenters. The highest BCUT2D eigenvalue weighted by molar-refractivity contribution is 5.98. The number of carbonyl (C=O) groups excluding carboxylic acids is 1. The molecule has 0 aliphatic heterocycles. The lowest BCUT2D eigenvalue weighted by molar-refractivity contribution is -0.116. The largest absolute Gasteiger partial charge is 0.417 e. The summed E-state index contributed by atoms with van der Waals surface area (Å²) in [5.41, 5.74) is 3.81. The second kappa shape index (κ2) is 5.89. The van der Waals surface area contributed by atoms with E-state index in [1.807, 2.05) is 31.2 Å². The highest BCUT2D eigenvalue weighted by Crippen LogP contribution is 2.20. The zero-order valence-corrected chi connectivity index (χ0v) is 12.2. The first-order valence-corrected chi connectivity index (χ1v) is 7.09. The first-order valence-electron chi connectivity index (χ1n) is 7.09. The molecule has 0 radical (unpaired) electrons. The lowest BCUT2D eigenvalue weighted by atomic mass is 10.1. The zero-order chi connectivity index (χ0) is 15.5. The van der Waals surface area contributed by atoms with Crippen LogP contribution in [0.3, 0.4) is 0 Å². The number of anilines is 1. The van der Waals surface area contributed by atoms with E-state index in [4.69, 9.17) is 4.42 Å². The Labute approximate surface area is 127 Å². The van der Waals surface area contributed by atoms with Gasteiger partial charge in [0.05, 0.1) is 5.69 Å². The summed E-state index contributed by atoms with van der Waals surface area (Å²) in [4.78, 5) is 25.9. The van der Waals surface area contributed by atoms with Crippen molar-refractivity contribution in [3.05, 3.63) is 64.1 Å². The summed E-state index contributed by atoms with van der Waals surface area (Å²) >= 11 is 0. The second-order valence-corrected chi connectivity index (χ2v) is 5.23. The molecule has 3 rings (SSSR count). The lowest BCUT2D eigenvalue weighted by Crippen LogP contribution is -2.12. The van der Waals surface area contributed by atoms with Crippen LogP contribution in [-0.2, 0) is 11.2 Å². The van der Waals surface area contributed by atoms with Gasteiger partial charge in [-0.1, -0.05) is 35.9 Å². The van der Waals surface area contributed by atoms with Crippen LogP contribution in [0, 0.1) is 6.92 Å². The third kappa shape index (κ3) is 3.09. The SMILES string of the molecule is Cc1ccc(CCC(=O)Nc2cccc3oc(=O)[nH]c23)cc1. The van der Waals surface area contributed by atoms with Crippen LogP contribution in [0.1, 0.15) is 17.5 Å². The highest BCUT2D eigenvalue weighted by atomic mass is 16.4. The first kappa shape index (κ1) is 14.1. The summed E-state index contributed by atoms with van der Waals surface area (Å²) in [7, 11) is 0. The van der Waals surface area contributed by atoms with Gasteiger partial charge >= 0.3 is 5.76 Å². The normalized spacial score (nSPS) is 10.8. The highest BCUT2D eigenvalue weighted by Gasteiger charge is 2.09. The van der Waals surface area contributed by atoms with Crippen LogP contribution in [0.15, 0.2) is 51.7 Å². The van der Waals surface area contributed by atoms with Crippen LogP contribution in [0.2, 0.25) is 0 Å². The van der Waals surface area contributed by atoms with Crippen LogP contribution in [0.4, 0.5) is 5.69 Å². The van der Waals surface area contributed by atoms with E-state index in [0.717, 1.165) is 5.56 Å². The Bertz CT molecular complexity index is 859. The number of para-hydroxylation sites is 1. The molecule has 0 bridgehead atoms. The molecular weight excluding hydrogens is 280 g/mol. The number of nitrogens with one attached hydrogen (secondary N) is 2. The number of hydrogen-bond acceptors (Lipinski definition) is 3. The number of H-pyrrole nitrogens is 1. The fraction of sp³-hybridized carbons (Fsp3) is 0.176. The van der Waals surface area contributed by atoms with Crippen LogP contribution in [-0.4, -0.2) is 10.9 Å². The van der Waals surface area contributed by atoms with Gasteiger partial charge < -0.3 is 9.73 Å². The van der Waals surface area contributed by atoms with Crippen molar-refractivity contribution in [3.63, 3.8) is 0 Å². The smallest absolute Gasteiger partial charge is 0.408 e. The van der Waals surface area contributed by atoms with E-state index in [9.17, 15) is 9.59 Å². The van der Waals surface area contributed by atoms with Gasteiger partial charge in [-0.25, -0.2) is 4.79 Å². The van der Waals surface area contributed by atoms with Crippen LogP contribution in [0.25, 0.3) is 11.1 Å². The fourth-order valence-corrected chi connectivity index (χ4v) is 2.30. The van der Waals surface area contributed by atoms with E-state index in [1.54, 1.807) is 18.2 Å². The molecule has 112 valence electrons. The number of aromatic nitrogens is 1. The van der Waals surface area contributed by atoms with Gasteiger partial charge in [0, 0.05) is 6.42 Å². The van der Waals surface area contributed by atoms with E-state index in [1.165, 1.54) is 5.56 Å². The van der Waals surface area contributed by atoms with Crippen molar-refractivity contribution < 1.29 is 9.21 Å². The van der Waals surface area contributed by atoms with E-state index in [-0.39, 0.29) is 5.91 Å². The standard InChI is InChI=1S/C17H16N2O3/c1-11-5-7-12(8-6-11)9-10-15(20)18-13-3-2-4-14-16(13)19-17(21)22-14/h2-8H,9-10H2,1H3,(H,18,20)(H,19,21). The molecule has 0 aliphatic carbocycles. The molecule has 2 N–H and O–H groups in total. The molecule has 0 spiro atoms. The van der Waals surface area contributed by atoms with Crippen molar-refractivity contribution in [2.75, 3.05) is 5.32 Å². The molecule has 1 amide bonds. The van der Waals surface area contributed by atoms with Gasteiger partial charge in [-0.05, 0) is 31.0 Å². The number of carbonyl (C=O) groups is 1. The van der Waals surface area contributed by atoms with Crippen molar-refractivity contribution in [2.45, 2.75) is 19.8 Å². The van der Waals surface area contributed by atoms with Gasteiger partial charge in [0.1, 0.15) is 5.52 Å². The molecule has 5 nitrogen and oxygen atoms in total. The van der Waals surface area contributed by atoms with Gasteiger partial charge in [0.15, 0.2) is 5.58 Å². The molecule has 0 aliphatic rings. The Hall–Kier alpha value is -2.82.